The Labute approximate surface area is 204 Å². The molecular formula is C29H28FNO4. The molecule has 6 heteroatoms. The predicted octanol–water partition coefficient (Wildman–Crippen LogP) is 5.06. The summed E-state index contributed by atoms with van der Waals surface area (Å²) < 4.78 is 25.0. The van der Waals surface area contributed by atoms with E-state index in [1.54, 1.807) is 25.1 Å². The van der Waals surface area contributed by atoms with E-state index < -0.39 is 5.60 Å². The molecule has 0 heterocycles. The molecule has 5 nitrogen and oxygen atoms in total. The lowest BCUT2D eigenvalue weighted by Crippen LogP contribution is -2.33. The zero-order chi connectivity index (χ0) is 25.2. The van der Waals surface area contributed by atoms with E-state index in [4.69, 9.17) is 9.47 Å². The summed E-state index contributed by atoms with van der Waals surface area (Å²) in [7, 11) is 2.98. The van der Waals surface area contributed by atoms with Crippen LogP contribution in [-0.2, 0) is 20.8 Å². The normalized spacial score (nSPS) is 20.3. The highest BCUT2D eigenvalue weighted by molar-refractivity contribution is 6.08. The Morgan fingerprint density at radius 1 is 1.06 bits per heavy atom. The van der Waals surface area contributed by atoms with Crippen LogP contribution < -0.4 is 5.32 Å². The van der Waals surface area contributed by atoms with E-state index in [1.165, 1.54) is 32.4 Å². The molecule has 0 radical (unpaired) electrons. The number of carbonyl (C=O) groups is 1. The van der Waals surface area contributed by atoms with E-state index in [0.29, 0.717) is 29.2 Å². The Hall–Kier alpha value is -3.90. The Balaban J connectivity index is 1.73. The molecule has 2 aromatic rings. The number of hydrogen-bond donors (Lipinski definition) is 2. The van der Waals surface area contributed by atoms with Crippen molar-refractivity contribution in [3.05, 3.63) is 118 Å². The van der Waals surface area contributed by atoms with Crippen molar-refractivity contribution in [2.24, 2.45) is 0 Å². The van der Waals surface area contributed by atoms with Gasteiger partial charge >= 0.3 is 0 Å². The summed E-state index contributed by atoms with van der Waals surface area (Å²) in [5.41, 5.74) is 4.15. The number of halogens is 1. The second kappa shape index (κ2) is 9.76. The highest BCUT2D eigenvalue weighted by Gasteiger charge is 2.36. The maximum absolute atomic E-state index is 14.2. The van der Waals surface area contributed by atoms with Gasteiger partial charge in [-0.15, -0.1) is 0 Å². The minimum Gasteiger partial charge on any atom is -0.498 e. The van der Waals surface area contributed by atoms with Gasteiger partial charge in [-0.25, -0.2) is 4.39 Å². The molecule has 0 spiro atoms. The molecule has 2 N–H and O–H groups in total. The molecule has 1 amide bonds. The molecule has 2 aromatic carbocycles. The smallest absolute Gasteiger partial charge is 0.244 e. The molecule has 4 rings (SSSR count). The van der Waals surface area contributed by atoms with Crippen LogP contribution in [0.1, 0.15) is 30.5 Å². The van der Waals surface area contributed by atoms with Gasteiger partial charge in [-0.1, -0.05) is 36.4 Å². The maximum Gasteiger partial charge on any atom is 0.244 e. The SMILES string of the molecule is COC1=CC(=CC2=C(C)C(=CC(=O)NCc3ccccc3)c3cc(F)ccc32)C=C(OC)C1(C)O. The van der Waals surface area contributed by atoms with Crippen molar-refractivity contribution >= 4 is 17.1 Å². The van der Waals surface area contributed by atoms with Gasteiger partial charge in [-0.05, 0) is 83.2 Å². The topological polar surface area (TPSA) is 67.8 Å². The lowest BCUT2D eigenvalue weighted by Gasteiger charge is -2.30. The van der Waals surface area contributed by atoms with Crippen LogP contribution >= 0.6 is 0 Å². The van der Waals surface area contributed by atoms with Crippen LogP contribution in [0.4, 0.5) is 4.39 Å². The van der Waals surface area contributed by atoms with E-state index in [1.807, 2.05) is 43.3 Å². The minimum absolute atomic E-state index is 0.260. The number of amides is 1. The number of ether oxygens (including phenoxy) is 2. The molecule has 0 fully saturated rings. The number of methoxy groups -OCH3 is 2. The summed E-state index contributed by atoms with van der Waals surface area (Å²) in [6.45, 7) is 3.90. The lowest BCUT2D eigenvalue weighted by molar-refractivity contribution is -0.116. The highest BCUT2D eigenvalue weighted by atomic mass is 19.1. The van der Waals surface area contributed by atoms with Crippen molar-refractivity contribution in [3.8, 4) is 0 Å². The molecular weight excluding hydrogens is 445 g/mol. The Morgan fingerprint density at radius 3 is 2.34 bits per heavy atom. The molecule has 180 valence electrons. The molecule has 0 bridgehead atoms. The average molecular weight is 474 g/mol. The first-order valence-corrected chi connectivity index (χ1v) is 11.3. The van der Waals surface area contributed by atoms with Gasteiger partial charge in [0.05, 0.1) is 14.2 Å². The second-order valence-electron chi connectivity index (χ2n) is 8.63. The van der Waals surface area contributed by atoms with Crippen LogP contribution in [-0.4, -0.2) is 30.8 Å². The summed E-state index contributed by atoms with van der Waals surface area (Å²) >= 11 is 0. The summed E-state index contributed by atoms with van der Waals surface area (Å²) in [4.78, 5) is 12.7. The number of carbonyl (C=O) groups excluding carboxylic acids is 1. The lowest BCUT2D eigenvalue weighted by atomic mass is 9.91. The quantitative estimate of drug-likeness (QED) is 0.576. The number of fused-ring (bicyclic) bond motifs is 1. The zero-order valence-corrected chi connectivity index (χ0v) is 20.2. The van der Waals surface area contributed by atoms with E-state index in [0.717, 1.165) is 27.8 Å². The first kappa shape index (κ1) is 24.2. The largest absolute Gasteiger partial charge is 0.498 e. The molecule has 2 aliphatic rings. The monoisotopic (exact) mass is 473 g/mol. The third-order valence-electron chi connectivity index (χ3n) is 6.26. The van der Waals surface area contributed by atoms with Crippen LogP contribution in [0.3, 0.4) is 0 Å². The fourth-order valence-electron chi connectivity index (χ4n) is 4.37. The molecule has 0 aliphatic heterocycles. The second-order valence-corrected chi connectivity index (χ2v) is 8.63. The van der Waals surface area contributed by atoms with Gasteiger partial charge in [-0.3, -0.25) is 4.79 Å². The van der Waals surface area contributed by atoms with Crippen LogP contribution in [0.2, 0.25) is 0 Å². The zero-order valence-electron chi connectivity index (χ0n) is 20.2. The third kappa shape index (κ3) is 4.84. The summed E-state index contributed by atoms with van der Waals surface area (Å²) in [6.07, 6.45) is 6.91. The summed E-state index contributed by atoms with van der Waals surface area (Å²) in [5, 5.41) is 13.7. The van der Waals surface area contributed by atoms with E-state index in [2.05, 4.69) is 5.32 Å². The van der Waals surface area contributed by atoms with Crippen molar-refractivity contribution in [1.82, 2.24) is 5.32 Å². The van der Waals surface area contributed by atoms with Crippen molar-refractivity contribution in [2.75, 3.05) is 14.2 Å². The molecule has 0 saturated carbocycles. The molecule has 0 saturated heterocycles. The Kier molecular flexibility index (Phi) is 6.76. The summed E-state index contributed by atoms with van der Waals surface area (Å²) in [6, 6.07) is 14.2. The number of rotatable bonds is 6. The molecule has 0 unspecified atom stereocenters. The van der Waals surface area contributed by atoms with Gasteiger partial charge in [0.2, 0.25) is 5.91 Å². The predicted molar refractivity (Wildman–Crippen MR) is 134 cm³/mol. The highest BCUT2D eigenvalue weighted by Crippen LogP contribution is 2.43. The third-order valence-corrected chi connectivity index (χ3v) is 6.26. The number of aliphatic hydroxyl groups is 1. The maximum atomic E-state index is 14.2. The van der Waals surface area contributed by atoms with Crippen LogP contribution in [0.5, 0.6) is 0 Å². The molecule has 0 atom stereocenters. The molecule has 0 aromatic heterocycles. The van der Waals surface area contributed by atoms with Gasteiger partial charge in [0.1, 0.15) is 17.3 Å². The fraction of sp³-hybridized carbons (Fsp3) is 0.207. The van der Waals surface area contributed by atoms with E-state index >= 15 is 0 Å². The van der Waals surface area contributed by atoms with Crippen molar-refractivity contribution in [2.45, 2.75) is 26.0 Å². The average Bonchev–Trinajstić information content (AvgIpc) is 3.09. The fourth-order valence-corrected chi connectivity index (χ4v) is 4.37. The van der Waals surface area contributed by atoms with Crippen molar-refractivity contribution in [3.63, 3.8) is 0 Å². The molecule has 2 aliphatic carbocycles. The number of nitrogens with one attached hydrogen (secondary N) is 1. The summed E-state index contributed by atoms with van der Waals surface area (Å²) in [5.74, 6) is 0.0477. The first-order chi connectivity index (χ1) is 16.7. The van der Waals surface area contributed by atoms with Crippen molar-refractivity contribution < 1.29 is 23.8 Å². The van der Waals surface area contributed by atoms with Gasteiger partial charge in [0, 0.05) is 12.6 Å². The van der Waals surface area contributed by atoms with Gasteiger partial charge in [0.25, 0.3) is 0 Å². The molecule has 35 heavy (non-hydrogen) atoms. The number of benzene rings is 2. The van der Waals surface area contributed by atoms with Gasteiger partial charge in [0.15, 0.2) is 5.60 Å². The number of allylic oxidation sites excluding steroid dienone is 7. The van der Waals surface area contributed by atoms with Crippen LogP contribution in [0, 0.1) is 5.82 Å². The minimum atomic E-state index is -1.39. The van der Waals surface area contributed by atoms with E-state index in [9.17, 15) is 14.3 Å². The Bertz CT molecular complexity index is 1290. The van der Waals surface area contributed by atoms with Gasteiger partial charge < -0.3 is 19.9 Å². The standard InChI is InChI=1S/C29H28FNO4/c1-18-23(12-20-13-26(34-3)29(2,33)27(14-20)35-4)22-11-10-21(30)15-25(22)24(18)16-28(32)31-17-19-8-6-5-7-9-19/h5-16,33H,17H2,1-4H3,(H,31,32). The van der Waals surface area contributed by atoms with Gasteiger partial charge in [-0.2, -0.15) is 0 Å². The van der Waals surface area contributed by atoms with E-state index in [-0.39, 0.29) is 11.7 Å². The van der Waals surface area contributed by atoms with Crippen LogP contribution in [0.15, 0.2) is 95.5 Å². The van der Waals surface area contributed by atoms with Crippen LogP contribution in [0.25, 0.3) is 11.1 Å². The first-order valence-electron chi connectivity index (χ1n) is 11.3. The number of hydrogen-bond acceptors (Lipinski definition) is 4. The Morgan fingerprint density at radius 2 is 1.71 bits per heavy atom. The van der Waals surface area contributed by atoms with Crippen molar-refractivity contribution in [1.29, 1.82) is 0 Å².